The molecule has 1 unspecified atom stereocenters. The Bertz CT molecular complexity index is 221. The first-order valence-electron chi connectivity index (χ1n) is 6.38. The molecule has 1 saturated heterocycles. The van der Waals surface area contributed by atoms with Crippen LogP contribution in [-0.4, -0.2) is 43.2 Å². The van der Waals surface area contributed by atoms with Crippen molar-refractivity contribution < 1.29 is 9.53 Å². The van der Waals surface area contributed by atoms with E-state index in [0.29, 0.717) is 12.6 Å². The molecule has 0 bridgehead atoms. The zero-order valence-corrected chi connectivity index (χ0v) is 11.4. The van der Waals surface area contributed by atoms with Gasteiger partial charge in [0.25, 0.3) is 0 Å². The lowest BCUT2D eigenvalue weighted by Crippen LogP contribution is -2.42. The zero-order chi connectivity index (χ0) is 12.5. The molecule has 3 N–H and O–H groups in total. The number of carbonyl (C=O) groups excluding carboxylic acids is 1. The molecule has 2 atom stereocenters. The molecule has 1 heterocycles. The standard InChI is InChI=1S/C12H24N2O2S/c1-17-9-6-11(13)12(15)14-7-5-10-4-2-3-8-16-10/h10-11H,2-9,13H2,1H3,(H,14,15)/t10?,11-/m0/s1. The van der Waals surface area contributed by atoms with E-state index in [4.69, 9.17) is 10.5 Å². The van der Waals surface area contributed by atoms with Gasteiger partial charge in [0.2, 0.25) is 5.91 Å². The molecule has 1 fully saturated rings. The molecule has 0 radical (unpaired) electrons. The predicted octanol–water partition coefficient (Wildman–Crippen LogP) is 1.14. The molecule has 5 heteroatoms. The zero-order valence-electron chi connectivity index (χ0n) is 10.6. The monoisotopic (exact) mass is 260 g/mol. The molecule has 0 saturated carbocycles. The van der Waals surface area contributed by atoms with E-state index in [-0.39, 0.29) is 11.9 Å². The van der Waals surface area contributed by atoms with E-state index in [1.807, 2.05) is 6.26 Å². The second kappa shape index (κ2) is 8.78. The lowest BCUT2D eigenvalue weighted by molar-refractivity contribution is -0.122. The predicted molar refractivity (Wildman–Crippen MR) is 72.2 cm³/mol. The summed E-state index contributed by atoms with van der Waals surface area (Å²) in [6, 6.07) is -0.366. The number of amides is 1. The van der Waals surface area contributed by atoms with Gasteiger partial charge in [0.05, 0.1) is 12.1 Å². The van der Waals surface area contributed by atoms with Gasteiger partial charge in [-0.2, -0.15) is 11.8 Å². The Balaban J connectivity index is 2.06. The van der Waals surface area contributed by atoms with Crippen LogP contribution < -0.4 is 11.1 Å². The Labute approximate surface area is 108 Å². The first-order chi connectivity index (χ1) is 8.24. The third-order valence-corrected chi connectivity index (χ3v) is 3.65. The Kier molecular flexibility index (Phi) is 7.64. The third kappa shape index (κ3) is 6.29. The van der Waals surface area contributed by atoms with Crippen molar-refractivity contribution in [1.29, 1.82) is 0 Å². The summed E-state index contributed by atoms with van der Waals surface area (Å²) in [7, 11) is 0. The van der Waals surface area contributed by atoms with Crippen LogP contribution in [0.2, 0.25) is 0 Å². The summed E-state index contributed by atoms with van der Waals surface area (Å²) >= 11 is 1.71. The fourth-order valence-corrected chi connectivity index (χ4v) is 2.39. The van der Waals surface area contributed by atoms with Crippen molar-refractivity contribution in [1.82, 2.24) is 5.32 Å². The number of ether oxygens (including phenoxy) is 1. The molecule has 0 aromatic heterocycles. The Hall–Kier alpha value is -0.260. The van der Waals surface area contributed by atoms with Gasteiger partial charge in [-0.25, -0.2) is 0 Å². The maximum Gasteiger partial charge on any atom is 0.236 e. The van der Waals surface area contributed by atoms with Crippen molar-refractivity contribution in [3.8, 4) is 0 Å². The highest BCUT2D eigenvalue weighted by Crippen LogP contribution is 2.14. The quantitative estimate of drug-likeness (QED) is 0.720. The summed E-state index contributed by atoms with van der Waals surface area (Å²) in [5, 5.41) is 2.89. The van der Waals surface area contributed by atoms with Gasteiger partial charge in [-0.05, 0) is 44.1 Å². The lowest BCUT2D eigenvalue weighted by atomic mass is 10.1. The van der Waals surface area contributed by atoms with Crippen LogP contribution in [0.5, 0.6) is 0 Å². The highest BCUT2D eigenvalue weighted by atomic mass is 32.2. The van der Waals surface area contributed by atoms with E-state index in [9.17, 15) is 4.79 Å². The van der Waals surface area contributed by atoms with Gasteiger partial charge in [-0.3, -0.25) is 4.79 Å². The molecule has 1 rings (SSSR count). The SMILES string of the molecule is CSCC[C@H](N)C(=O)NCCC1CCCCO1. The maximum atomic E-state index is 11.6. The lowest BCUT2D eigenvalue weighted by Gasteiger charge is -2.22. The molecular formula is C12H24N2O2S. The van der Waals surface area contributed by atoms with E-state index in [0.717, 1.165) is 31.6 Å². The third-order valence-electron chi connectivity index (χ3n) is 3.01. The summed E-state index contributed by atoms with van der Waals surface area (Å²) in [4.78, 5) is 11.6. The Morgan fingerprint density at radius 1 is 1.59 bits per heavy atom. The number of nitrogens with two attached hydrogens (primary N) is 1. The number of thioether (sulfide) groups is 1. The Morgan fingerprint density at radius 3 is 3.06 bits per heavy atom. The van der Waals surface area contributed by atoms with Gasteiger partial charge in [-0.1, -0.05) is 0 Å². The summed E-state index contributed by atoms with van der Waals surface area (Å²) in [5.74, 6) is 0.898. The van der Waals surface area contributed by atoms with Crippen LogP contribution in [0.3, 0.4) is 0 Å². The number of hydrogen-bond acceptors (Lipinski definition) is 4. The molecule has 4 nitrogen and oxygen atoms in total. The van der Waals surface area contributed by atoms with Crippen LogP contribution in [0.15, 0.2) is 0 Å². The van der Waals surface area contributed by atoms with Gasteiger partial charge >= 0.3 is 0 Å². The minimum Gasteiger partial charge on any atom is -0.378 e. The molecule has 17 heavy (non-hydrogen) atoms. The molecule has 1 amide bonds. The highest BCUT2D eigenvalue weighted by molar-refractivity contribution is 7.98. The molecule has 100 valence electrons. The molecular weight excluding hydrogens is 236 g/mol. The topological polar surface area (TPSA) is 64.4 Å². The molecule has 0 aromatic carbocycles. The number of carbonyl (C=O) groups is 1. The number of rotatable bonds is 7. The van der Waals surface area contributed by atoms with Crippen LogP contribution in [0, 0.1) is 0 Å². The molecule has 1 aliphatic rings. The van der Waals surface area contributed by atoms with E-state index >= 15 is 0 Å². The minimum atomic E-state index is -0.366. The van der Waals surface area contributed by atoms with Gasteiger partial charge in [0.15, 0.2) is 0 Å². The van der Waals surface area contributed by atoms with E-state index in [1.165, 1.54) is 12.8 Å². The van der Waals surface area contributed by atoms with Crippen molar-refractivity contribution in [3.05, 3.63) is 0 Å². The first kappa shape index (κ1) is 14.8. The van der Waals surface area contributed by atoms with Crippen molar-refractivity contribution in [2.45, 2.75) is 44.2 Å². The fraction of sp³-hybridized carbons (Fsp3) is 0.917. The molecule has 0 spiro atoms. The van der Waals surface area contributed by atoms with E-state index in [2.05, 4.69) is 5.32 Å². The van der Waals surface area contributed by atoms with Crippen molar-refractivity contribution in [3.63, 3.8) is 0 Å². The van der Waals surface area contributed by atoms with Gasteiger partial charge in [-0.15, -0.1) is 0 Å². The van der Waals surface area contributed by atoms with Crippen LogP contribution in [0.4, 0.5) is 0 Å². The maximum absolute atomic E-state index is 11.6. The van der Waals surface area contributed by atoms with E-state index < -0.39 is 0 Å². The second-order valence-corrected chi connectivity index (χ2v) is 5.44. The first-order valence-corrected chi connectivity index (χ1v) is 7.77. The normalized spacial score (nSPS) is 22.1. The van der Waals surface area contributed by atoms with Gasteiger partial charge in [0.1, 0.15) is 0 Å². The minimum absolute atomic E-state index is 0.0325. The summed E-state index contributed by atoms with van der Waals surface area (Å²) in [6.07, 6.45) is 7.52. The average Bonchev–Trinajstić information content (AvgIpc) is 2.37. The average molecular weight is 260 g/mol. The fourth-order valence-electron chi connectivity index (χ4n) is 1.90. The number of nitrogens with one attached hydrogen (secondary N) is 1. The smallest absolute Gasteiger partial charge is 0.236 e. The summed E-state index contributed by atoms with van der Waals surface area (Å²) < 4.78 is 5.60. The van der Waals surface area contributed by atoms with Gasteiger partial charge < -0.3 is 15.8 Å². The van der Waals surface area contributed by atoms with Crippen LogP contribution in [-0.2, 0) is 9.53 Å². The van der Waals surface area contributed by atoms with E-state index in [1.54, 1.807) is 11.8 Å². The second-order valence-electron chi connectivity index (χ2n) is 4.46. The van der Waals surface area contributed by atoms with Crippen LogP contribution >= 0.6 is 11.8 Å². The Morgan fingerprint density at radius 2 is 2.41 bits per heavy atom. The van der Waals surface area contributed by atoms with Crippen LogP contribution in [0.1, 0.15) is 32.1 Å². The highest BCUT2D eigenvalue weighted by Gasteiger charge is 2.15. The molecule has 1 aliphatic heterocycles. The largest absolute Gasteiger partial charge is 0.378 e. The van der Waals surface area contributed by atoms with Crippen molar-refractivity contribution in [2.75, 3.05) is 25.2 Å². The van der Waals surface area contributed by atoms with Crippen molar-refractivity contribution >= 4 is 17.7 Å². The molecule has 0 aliphatic carbocycles. The number of hydrogen-bond donors (Lipinski definition) is 2. The molecule has 0 aromatic rings. The summed E-state index contributed by atoms with van der Waals surface area (Å²) in [6.45, 7) is 1.54. The summed E-state index contributed by atoms with van der Waals surface area (Å²) in [5.41, 5.74) is 5.77. The van der Waals surface area contributed by atoms with Gasteiger partial charge in [0, 0.05) is 13.2 Å². The van der Waals surface area contributed by atoms with Crippen molar-refractivity contribution in [2.24, 2.45) is 5.73 Å². The van der Waals surface area contributed by atoms with Crippen LogP contribution in [0.25, 0.3) is 0 Å².